The highest BCUT2D eigenvalue weighted by molar-refractivity contribution is 5.81. The molecule has 2 aliphatic rings. The third-order valence-corrected chi connectivity index (χ3v) is 4.77. The topological polar surface area (TPSA) is 50.8 Å². The Morgan fingerprint density at radius 1 is 1.48 bits per heavy atom. The molecular weight excluding hydrogens is 268 g/mol. The molecule has 0 aromatic rings. The summed E-state index contributed by atoms with van der Waals surface area (Å²) in [5.74, 6) is -0.121. The molecule has 0 spiro atoms. The van der Waals surface area contributed by atoms with Crippen LogP contribution in [-0.4, -0.2) is 61.9 Å². The number of nitrogens with one attached hydrogen (secondary N) is 1. The minimum Gasteiger partial charge on any atom is -0.468 e. The molecule has 21 heavy (non-hydrogen) atoms. The van der Waals surface area contributed by atoms with Crippen molar-refractivity contribution >= 4 is 5.97 Å². The first-order chi connectivity index (χ1) is 9.97. The molecule has 0 radical (unpaired) electrons. The van der Waals surface area contributed by atoms with Gasteiger partial charge in [0.25, 0.3) is 0 Å². The van der Waals surface area contributed by atoms with E-state index in [4.69, 9.17) is 9.47 Å². The fraction of sp³-hybridized carbons (Fsp3) is 0.938. The van der Waals surface area contributed by atoms with Crippen molar-refractivity contribution in [2.75, 3.05) is 27.3 Å². The molecule has 3 atom stereocenters. The van der Waals surface area contributed by atoms with Crippen LogP contribution in [0, 0.1) is 0 Å². The summed E-state index contributed by atoms with van der Waals surface area (Å²) < 4.78 is 10.8. The standard InChI is InChI=1S/C16H30N2O3/c1-12(2)17-16(15(19)20-4)8-7-13(10-16)18(3)11-14-6-5-9-21-14/h12-14,17H,5-11H2,1-4H3. The van der Waals surface area contributed by atoms with Crippen molar-refractivity contribution in [3.63, 3.8) is 0 Å². The molecule has 3 unspecified atom stereocenters. The summed E-state index contributed by atoms with van der Waals surface area (Å²) in [5.41, 5.74) is -0.515. The maximum Gasteiger partial charge on any atom is 0.326 e. The smallest absolute Gasteiger partial charge is 0.326 e. The third kappa shape index (κ3) is 3.96. The highest BCUT2D eigenvalue weighted by Crippen LogP contribution is 2.34. The summed E-state index contributed by atoms with van der Waals surface area (Å²) >= 11 is 0. The number of esters is 1. The zero-order valence-electron chi connectivity index (χ0n) is 13.9. The van der Waals surface area contributed by atoms with Crippen molar-refractivity contribution in [1.29, 1.82) is 0 Å². The Bertz CT molecular complexity index is 355. The van der Waals surface area contributed by atoms with Gasteiger partial charge in [-0.1, -0.05) is 0 Å². The van der Waals surface area contributed by atoms with Crippen LogP contribution in [0.2, 0.25) is 0 Å². The Morgan fingerprint density at radius 3 is 2.81 bits per heavy atom. The van der Waals surface area contributed by atoms with E-state index in [1.54, 1.807) is 0 Å². The van der Waals surface area contributed by atoms with Crippen LogP contribution in [0.15, 0.2) is 0 Å². The second kappa shape index (κ2) is 7.07. The van der Waals surface area contributed by atoms with Crippen molar-refractivity contribution in [1.82, 2.24) is 10.2 Å². The first-order valence-electron chi connectivity index (χ1n) is 8.15. The van der Waals surface area contributed by atoms with Crippen LogP contribution in [0.4, 0.5) is 0 Å². The SMILES string of the molecule is COC(=O)C1(NC(C)C)CCC(N(C)CC2CCCO2)C1. The lowest BCUT2D eigenvalue weighted by molar-refractivity contribution is -0.149. The van der Waals surface area contributed by atoms with Gasteiger partial charge in [0.1, 0.15) is 5.54 Å². The van der Waals surface area contributed by atoms with Gasteiger partial charge in [-0.2, -0.15) is 0 Å². The van der Waals surface area contributed by atoms with Gasteiger partial charge in [-0.25, -0.2) is 0 Å². The van der Waals surface area contributed by atoms with Crippen molar-refractivity contribution in [2.45, 2.75) is 69.7 Å². The lowest BCUT2D eigenvalue weighted by atomic mass is 9.96. The van der Waals surface area contributed by atoms with Crippen LogP contribution in [0.3, 0.4) is 0 Å². The lowest BCUT2D eigenvalue weighted by Gasteiger charge is -2.32. The molecular formula is C16H30N2O3. The van der Waals surface area contributed by atoms with Crippen molar-refractivity contribution < 1.29 is 14.3 Å². The summed E-state index contributed by atoms with van der Waals surface area (Å²) in [7, 11) is 3.63. The Morgan fingerprint density at radius 2 is 2.24 bits per heavy atom. The maximum atomic E-state index is 12.3. The van der Waals surface area contributed by atoms with E-state index in [2.05, 4.69) is 31.1 Å². The van der Waals surface area contributed by atoms with Gasteiger partial charge in [0.05, 0.1) is 13.2 Å². The van der Waals surface area contributed by atoms with E-state index in [1.807, 2.05) is 0 Å². The maximum absolute atomic E-state index is 12.3. The fourth-order valence-corrected chi connectivity index (χ4v) is 3.78. The van der Waals surface area contributed by atoms with Crippen LogP contribution in [0.25, 0.3) is 0 Å². The van der Waals surface area contributed by atoms with Crippen LogP contribution in [0.5, 0.6) is 0 Å². The molecule has 2 rings (SSSR count). The predicted molar refractivity (Wildman–Crippen MR) is 82.3 cm³/mol. The molecule has 1 heterocycles. The Labute approximate surface area is 128 Å². The monoisotopic (exact) mass is 298 g/mol. The van der Waals surface area contributed by atoms with E-state index in [1.165, 1.54) is 13.5 Å². The van der Waals surface area contributed by atoms with Crippen molar-refractivity contribution in [3.05, 3.63) is 0 Å². The lowest BCUT2D eigenvalue weighted by Crippen LogP contribution is -2.54. The number of nitrogens with zero attached hydrogens (tertiary/aromatic N) is 1. The second-order valence-electron chi connectivity index (χ2n) is 6.84. The number of hydrogen-bond acceptors (Lipinski definition) is 5. The molecule has 122 valence electrons. The second-order valence-corrected chi connectivity index (χ2v) is 6.84. The Kier molecular flexibility index (Phi) is 5.63. The van der Waals surface area contributed by atoms with Crippen LogP contribution in [0.1, 0.15) is 46.0 Å². The molecule has 5 heteroatoms. The largest absolute Gasteiger partial charge is 0.468 e. The van der Waals surface area contributed by atoms with E-state index < -0.39 is 5.54 Å². The normalized spacial score (nSPS) is 33.0. The molecule has 5 nitrogen and oxygen atoms in total. The molecule has 0 aromatic carbocycles. The summed E-state index contributed by atoms with van der Waals surface area (Å²) in [6.07, 6.45) is 5.38. The molecule has 1 N–H and O–H groups in total. The summed E-state index contributed by atoms with van der Waals surface area (Å²) in [5, 5.41) is 3.45. The van der Waals surface area contributed by atoms with E-state index >= 15 is 0 Å². The number of ether oxygens (including phenoxy) is 2. The van der Waals surface area contributed by atoms with E-state index in [0.717, 1.165) is 38.8 Å². The van der Waals surface area contributed by atoms with Gasteiger partial charge in [0, 0.05) is 25.2 Å². The van der Waals surface area contributed by atoms with Gasteiger partial charge >= 0.3 is 5.97 Å². The van der Waals surface area contributed by atoms with Crippen LogP contribution < -0.4 is 5.32 Å². The number of carbonyl (C=O) groups excluding carboxylic acids is 1. The van der Waals surface area contributed by atoms with E-state index in [9.17, 15) is 4.79 Å². The molecule has 0 bridgehead atoms. The van der Waals surface area contributed by atoms with Crippen molar-refractivity contribution in [3.8, 4) is 0 Å². The molecule has 1 aliphatic carbocycles. The van der Waals surface area contributed by atoms with Gasteiger partial charge in [0.2, 0.25) is 0 Å². The zero-order valence-corrected chi connectivity index (χ0v) is 13.9. The Hall–Kier alpha value is -0.650. The molecule has 0 amide bonds. The summed E-state index contributed by atoms with van der Waals surface area (Å²) in [4.78, 5) is 14.6. The molecule has 0 aromatic heterocycles. The molecule has 2 fully saturated rings. The number of methoxy groups -OCH3 is 1. The first-order valence-corrected chi connectivity index (χ1v) is 8.15. The van der Waals surface area contributed by atoms with Gasteiger partial charge < -0.3 is 14.4 Å². The van der Waals surface area contributed by atoms with Crippen LogP contribution >= 0.6 is 0 Å². The summed E-state index contributed by atoms with van der Waals surface area (Å²) in [6, 6.07) is 0.686. The number of carbonyl (C=O) groups is 1. The average Bonchev–Trinajstić information content (AvgIpc) is 3.07. The van der Waals surface area contributed by atoms with Gasteiger partial charge in [-0.15, -0.1) is 0 Å². The highest BCUT2D eigenvalue weighted by Gasteiger charge is 2.47. The number of hydrogen-bond donors (Lipinski definition) is 1. The number of likely N-dealkylation sites (N-methyl/N-ethyl adjacent to an activating group) is 1. The minimum atomic E-state index is -0.515. The van der Waals surface area contributed by atoms with Crippen LogP contribution in [-0.2, 0) is 14.3 Å². The van der Waals surface area contributed by atoms with Gasteiger partial charge in [0.15, 0.2) is 0 Å². The van der Waals surface area contributed by atoms with Gasteiger partial charge in [-0.05, 0) is 53.0 Å². The molecule has 1 aliphatic heterocycles. The van der Waals surface area contributed by atoms with E-state index in [0.29, 0.717) is 12.1 Å². The average molecular weight is 298 g/mol. The predicted octanol–water partition coefficient (Wildman–Crippen LogP) is 1.56. The van der Waals surface area contributed by atoms with E-state index in [-0.39, 0.29) is 12.0 Å². The number of rotatable bonds is 6. The third-order valence-electron chi connectivity index (χ3n) is 4.77. The first kappa shape index (κ1) is 16.7. The Balaban J connectivity index is 1.96. The summed E-state index contributed by atoms with van der Waals surface area (Å²) in [6.45, 7) is 6.01. The highest BCUT2D eigenvalue weighted by atomic mass is 16.5. The molecule has 1 saturated heterocycles. The minimum absolute atomic E-state index is 0.121. The van der Waals surface area contributed by atoms with Gasteiger partial charge in [-0.3, -0.25) is 10.1 Å². The molecule has 1 saturated carbocycles. The zero-order chi connectivity index (χ0) is 15.5. The van der Waals surface area contributed by atoms with Crippen molar-refractivity contribution in [2.24, 2.45) is 0 Å². The fourth-order valence-electron chi connectivity index (χ4n) is 3.78. The quantitative estimate of drug-likeness (QED) is 0.754.